The number of Topliss-reactive ketones (excluding diaryl/α,β-unsaturated/α-hetero) is 2. The van der Waals surface area contributed by atoms with Gasteiger partial charge in [-0.05, 0) is 78.4 Å². The minimum Gasteiger partial charge on any atom is -0.455 e. The zero-order chi connectivity index (χ0) is 36.1. The number of rotatable bonds is 9. The number of halogens is 1. The van der Waals surface area contributed by atoms with Gasteiger partial charge in [-0.2, -0.15) is 0 Å². The Kier molecular flexibility index (Phi) is 13.4. The maximum Gasteiger partial charge on any atom is 0.410 e. The van der Waals surface area contributed by atoms with E-state index in [-0.39, 0.29) is 37.4 Å². The van der Waals surface area contributed by atoms with Crippen molar-refractivity contribution in [2.75, 3.05) is 27.2 Å². The van der Waals surface area contributed by atoms with E-state index in [1.165, 1.54) is 4.90 Å². The Morgan fingerprint density at radius 2 is 1.71 bits per heavy atom. The van der Waals surface area contributed by atoms with Crippen LogP contribution >= 0.6 is 0 Å². The van der Waals surface area contributed by atoms with Gasteiger partial charge < -0.3 is 28.7 Å². The van der Waals surface area contributed by atoms with Crippen molar-refractivity contribution in [1.82, 2.24) is 9.80 Å². The summed E-state index contributed by atoms with van der Waals surface area (Å²) in [5.74, 6) is -5.30. The fraction of sp³-hybridized carbons (Fsp3) is 0.882. The number of alkyl halides is 1. The lowest BCUT2D eigenvalue weighted by atomic mass is 9.74. The molecule has 0 aliphatic carbocycles. The highest BCUT2D eigenvalue weighted by Gasteiger charge is 2.60. The first-order valence-corrected chi connectivity index (χ1v) is 17.4. The Balaban J connectivity index is 2.04. The summed E-state index contributed by atoms with van der Waals surface area (Å²) in [5.41, 5.74) is 4.06. The Morgan fingerprint density at radius 1 is 1.04 bits per heavy atom. The number of ether oxygens (including phenoxy) is 4. The van der Waals surface area contributed by atoms with Gasteiger partial charge in [-0.1, -0.05) is 39.7 Å². The molecule has 3 heterocycles. The predicted molar refractivity (Wildman–Crippen MR) is 176 cm³/mol. The van der Waals surface area contributed by atoms with Gasteiger partial charge in [-0.15, -0.1) is 0 Å². The van der Waals surface area contributed by atoms with Crippen molar-refractivity contribution in [3.63, 3.8) is 0 Å². The summed E-state index contributed by atoms with van der Waals surface area (Å²) >= 11 is 0. The highest BCUT2D eigenvalue weighted by atomic mass is 19.1. The zero-order valence-electron chi connectivity index (χ0n) is 30.3. The monoisotopic (exact) mass is 681 g/mol. The summed E-state index contributed by atoms with van der Waals surface area (Å²) in [7, 11) is 3.96. The number of nitrogens with zero attached hydrogens (tertiary/aromatic N) is 5. The van der Waals surface area contributed by atoms with E-state index in [2.05, 4.69) is 14.9 Å². The van der Waals surface area contributed by atoms with E-state index < -0.39 is 77.3 Å². The second-order valence-corrected chi connectivity index (χ2v) is 14.7. The molecule has 3 rings (SSSR count). The molecule has 0 aromatic heterocycles. The molecule has 0 bridgehead atoms. The van der Waals surface area contributed by atoms with Gasteiger partial charge in [-0.25, -0.2) is 14.0 Å². The molecule has 3 aliphatic rings. The fourth-order valence-corrected chi connectivity index (χ4v) is 7.93. The average Bonchev–Trinajstić information content (AvgIpc) is 3.28. The Bertz CT molecular complexity index is 1230. The minimum absolute atomic E-state index is 0.114. The maximum absolute atomic E-state index is 16.5. The lowest BCUT2D eigenvalue weighted by Crippen LogP contribution is -2.59. The molecule has 0 radical (unpaired) electrons. The first-order chi connectivity index (χ1) is 22.4. The average molecular weight is 682 g/mol. The van der Waals surface area contributed by atoms with Crippen LogP contribution in [0.25, 0.3) is 10.4 Å². The SMILES string of the molecule is CCC1OC(=O)[C@@](C)(F)C(=O)C(C)[C@@H](OC2CC(N(C)C)CC(C)O2)C(C)C[C@@H](C)C(=O)[C@H](C)C2N(CCCCN=[N+]=[N-])C(=O)O[C@]12C. The van der Waals surface area contributed by atoms with Gasteiger partial charge in [0, 0.05) is 48.2 Å². The van der Waals surface area contributed by atoms with E-state index in [0.717, 1.165) is 13.3 Å². The first kappa shape index (κ1) is 39.6. The van der Waals surface area contributed by atoms with E-state index in [0.29, 0.717) is 25.7 Å². The molecule has 1 amide bonds. The van der Waals surface area contributed by atoms with Gasteiger partial charge in [-0.3, -0.25) is 9.59 Å². The van der Waals surface area contributed by atoms with Crippen LogP contribution in [0.4, 0.5) is 9.18 Å². The Hall–Kier alpha value is -2.80. The standard InChI is InChI=1S/C34H56FN5O8/c1-11-25-34(8)29(40(32(44)48-34)15-13-12-14-37-38-36)22(5)27(41)19(2)16-20(3)28(23(6)30(42)33(7,35)31(43)46-25)47-26-18-24(39(9)10)17-21(4)45-26/h19-26,28-29H,11-18H2,1-10H3/t19-,20?,21?,22+,23?,24?,25?,26?,28+,29?,33+,34-/m1/s1. The molecule has 12 atom stereocenters. The topological polar surface area (TPSA) is 160 Å². The molecule has 0 saturated carbocycles. The van der Waals surface area contributed by atoms with Crippen LogP contribution < -0.4 is 0 Å². The summed E-state index contributed by atoms with van der Waals surface area (Å²) in [6.45, 7) is 13.5. The predicted octanol–water partition coefficient (Wildman–Crippen LogP) is 5.63. The lowest BCUT2D eigenvalue weighted by molar-refractivity contribution is -0.237. The summed E-state index contributed by atoms with van der Waals surface area (Å²) in [5, 5.41) is 3.55. The van der Waals surface area contributed by atoms with Crippen LogP contribution in [0, 0.1) is 23.7 Å². The number of fused-ring (bicyclic) bond motifs is 1. The van der Waals surface area contributed by atoms with Gasteiger partial charge in [0.2, 0.25) is 0 Å². The van der Waals surface area contributed by atoms with E-state index in [4.69, 9.17) is 24.5 Å². The second-order valence-electron chi connectivity index (χ2n) is 14.7. The minimum atomic E-state index is -3.03. The van der Waals surface area contributed by atoms with Crippen LogP contribution in [0.1, 0.15) is 93.9 Å². The van der Waals surface area contributed by atoms with Crippen molar-refractivity contribution < 1.29 is 42.5 Å². The number of amides is 1. The van der Waals surface area contributed by atoms with Gasteiger partial charge in [0.25, 0.3) is 5.67 Å². The molecule has 0 spiro atoms. The number of carbonyl (C=O) groups is 4. The molecule has 48 heavy (non-hydrogen) atoms. The van der Waals surface area contributed by atoms with Crippen molar-refractivity contribution in [1.29, 1.82) is 0 Å². The zero-order valence-corrected chi connectivity index (χ0v) is 30.3. The normalized spacial score (nSPS) is 40.1. The van der Waals surface area contributed by atoms with Crippen LogP contribution in [0.15, 0.2) is 5.11 Å². The van der Waals surface area contributed by atoms with Crippen LogP contribution in [-0.2, 0) is 33.3 Å². The number of cyclic esters (lactones) is 1. The fourth-order valence-electron chi connectivity index (χ4n) is 7.93. The molecule has 3 aliphatic heterocycles. The van der Waals surface area contributed by atoms with Gasteiger partial charge in [0.05, 0.1) is 18.2 Å². The molecular formula is C34H56FN5O8. The Morgan fingerprint density at radius 3 is 2.31 bits per heavy atom. The third-order valence-electron chi connectivity index (χ3n) is 10.6. The highest BCUT2D eigenvalue weighted by molar-refractivity contribution is 6.07. The van der Waals surface area contributed by atoms with E-state index in [9.17, 15) is 19.2 Å². The van der Waals surface area contributed by atoms with E-state index in [1.54, 1.807) is 27.7 Å². The number of esters is 1. The van der Waals surface area contributed by atoms with Crippen molar-refractivity contribution >= 4 is 23.6 Å². The van der Waals surface area contributed by atoms with Crippen LogP contribution in [0.2, 0.25) is 0 Å². The van der Waals surface area contributed by atoms with Crippen molar-refractivity contribution in [2.24, 2.45) is 28.8 Å². The molecule has 3 fully saturated rings. The van der Waals surface area contributed by atoms with Crippen LogP contribution in [0.3, 0.4) is 0 Å². The highest BCUT2D eigenvalue weighted by Crippen LogP contribution is 2.42. The maximum atomic E-state index is 16.5. The van der Waals surface area contributed by atoms with Gasteiger partial charge in [0.15, 0.2) is 17.7 Å². The number of azide groups is 1. The van der Waals surface area contributed by atoms with E-state index >= 15 is 4.39 Å². The quantitative estimate of drug-likeness (QED) is 0.0750. The molecule has 3 saturated heterocycles. The molecule has 0 aromatic rings. The number of unbranched alkanes of at least 4 members (excludes halogenated alkanes) is 1. The molecular weight excluding hydrogens is 625 g/mol. The number of hydrogen-bond acceptors (Lipinski definition) is 10. The summed E-state index contributed by atoms with van der Waals surface area (Å²) in [6, 6.07) is -0.692. The van der Waals surface area contributed by atoms with Crippen molar-refractivity contribution in [2.45, 2.75) is 142 Å². The van der Waals surface area contributed by atoms with Crippen LogP contribution in [-0.4, -0.2) is 109 Å². The third-order valence-corrected chi connectivity index (χ3v) is 10.6. The molecule has 272 valence electrons. The summed E-state index contributed by atoms with van der Waals surface area (Å²) in [6.07, 6.45) is -0.780. The molecule has 14 heteroatoms. The molecule has 7 unspecified atom stereocenters. The molecule has 0 aromatic carbocycles. The molecule has 0 N–H and O–H groups in total. The smallest absolute Gasteiger partial charge is 0.410 e. The summed E-state index contributed by atoms with van der Waals surface area (Å²) < 4.78 is 40.8. The van der Waals surface area contributed by atoms with E-state index in [1.807, 2.05) is 34.9 Å². The lowest BCUT2D eigenvalue weighted by Gasteiger charge is -2.42. The Labute approximate surface area is 284 Å². The van der Waals surface area contributed by atoms with Crippen molar-refractivity contribution in [3.8, 4) is 0 Å². The van der Waals surface area contributed by atoms with Gasteiger partial charge in [0.1, 0.15) is 11.9 Å². The second kappa shape index (κ2) is 16.3. The largest absolute Gasteiger partial charge is 0.455 e. The number of hydrogen-bond donors (Lipinski definition) is 0. The number of carbonyl (C=O) groups excluding carboxylic acids is 4. The third kappa shape index (κ3) is 8.49. The van der Waals surface area contributed by atoms with Crippen molar-refractivity contribution in [3.05, 3.63) is 10.4 Å². The molecule has 13 nitrogen and oxygen atoms in total. The van der Waals surface area contributed by atoms with Gasteiger partial charge >= 0.3 is 12.1 Å². The number of ketones is 2. The van der Waals surface area contributed by atoms with Crippen LogP contribution in [0.5, 0.6) is 0 Å². The summed E-state index contributed by atoms with van der Waals surface area (Å²) in [4.78, 5) is 61.4. The first-order valence-electron chi connectivity index (χ1n) is 17.4.